The molecule has 0 saturated carbocycles. The second-order valence-corrected chi connectivity index (χ2v) is 6.75. The molecule has 3 rings (SSSR count). The second kappa shape index (κ2) is 6.74. The van der Waals surface area contributed by atoms with Gasteiger partial charge in [-0.1, -0.05) is 0 Å². The van der Waals surface area contributed by atoms with Crippen molar-refractivity contribution >= 4 is 23.2 Å². The van der Waals surface area contributed by atoms with Crippen LogP contribution in [0.1, 0.15) is 29.1 Å². The Bertz CT molecular complexity index is 746. The summed E-state index contributed by atoms with van der Waals surface area (Å²) in [7, 11) is 0. The molecule has 7 nitrogen and oxygen atoms in total. The number of furan rings is 1. The molecule has 3 N–H and O–H groups in total. The summed E-state index contributed by atoms with van der Waals surface area (Å²) >= 11 is 1.33. The highest BCUT2D eigenvalue weighted by Gasteiger charge is 2.38. The molecule has 2 aromatic heterocycles. The number of carbonyl (C=O) groups is 2. The first kappa shape index (κ1) is 16.7. The minimum atomic E-state index is -0.745. The number of amides is 2. The number of thiazole rings is 1. The molecule has 0 radical (unpaired) electrons. The van der Waals surface area contributed by atoms with E-state index < -0.39 is 11.3 Å². The summed E-state index contributed by atoms with van der Waals surface area (Å²) in [5.74, 6) is 0.688. The number of aryl methyl sites for hydroxylation is 1. The third-order valence-electron chi connectivity index (χ3n) is 4.25. The molecule has 2 aromatic rings. The third-order valence-corrected chi connectivity index (χ3v) is 5.10. The maximum Gasteiger partial charge on any atom is 0.270 e. The van der Waals surface area contributed by atoms with Gasteiger partial charge in [0, 0.05) is 25.1 Å². The van der Waals surface area contributed by atoms with Crippen molar-refractivity contribution in [1.82, 2.24) is 10.3 Å². The number of nitrogens with one attached hydrogen (secondary N) is 1. The van der Waals surface area contributed by atoms with Gasteiger partial charge in [-0.25, -0.2) is 4.98 Å². The van der Waals surface area contributed by atoms with Crippen LogP contribution in [0.5, 0.6) is 0 Å². The van der Waals surface area contributed by atoms with Gasteiger partial charge < -0.3 is 20.2 Å². The zero-order valence-electron chi connectivity index (χ0n) is 13.3. The molecule has 1 fully saturated rings. The van der Waals surface area contributed by atoms with Gasteiger partial charge in [0.25, 0.3) is 5.91 Å². The maximum atomic E-state index is 12.3. The zero-order valence-corrected chi connectivity index (χ0v) is 14.1. The van der Waals surface area contributed by atoms with Crippen molar-refractivity contribution in [2.24, 2.45) is 11.1 Å². The molecular weight excluding hydrogens is 330 g/mol. The van der Waals surface area contributed by atoms with E-state index in [9.17, 15) is 9.59 Å². The van der Waals surface area contributed by atoms with E-state index in [1.165, 1.54) is 11.3 Å². The Kier molecular flexibility index (Phi) is 4.68. The largest absolute Gasteiger partial charge is 0.459 e. The van der Waals surface area contributed by atoms with E-state index in [4.69, 9.17) is 14.9 Å². The Morgan fingerprint density at radius 2 is 2.12 bits per heavy atom. The number of ether oxygens (including phenoxy) is 1. The van der Waals surface area contributed by atoms with Crippen LogP contribution in [-0.4, -0.2) is 36.6 Å². The molecule has 128 valence electrons. The molecule has 0 atom stereocenters. The fourth-order valence-electron chi connectivity index (χ4n) is 2.65. The van der Waals surface area contributed by atoms with E-state index in [0.717, 1.165) is 5.76 Å². The Hall–Kier alpha value is -2.19. The summed E-state index contributed by atoms with van der Waals surface area (Å²) in [6, 6.07) is 3.66. The number of nitrogens with two attached hydrogens (primary N) is 1. The number of aromatic nitrogens is 1. The van der Waals surface area contributed by atoms with Gasteiger partial charge in [-0.05, 0) is 31.9 Å². The summed E-state index contributed by atoms with van der Waals surface area (Å²) in [4.78, 5) is 28.4. The van der Waals surface area contributed by atoms with Crippen molar-refractivity contribution in [3.8, 4) is 10.8 Å². The van der Waals surface area contributed by atoms with Crippen molar-refractivity contribution in [3.05, 3.63) is 29.0 Å². The number of carbonyl (C=O) groups excluding carboxylic acids is 2. The highest BCUT2D eigenvalue weighted by molar-refractivity contribution is 7.13. The molecule has 8 heteroatoms. The molecule has 1 aliphatic rings. The lowest BCUT2D eigenvalue weighted by molar-refractivity contribution is -0.132. The molecule has 0 unspecified atom stereocenters. The number of hydrogen-bond acceptors (Lipinski definition) is 6. The van der Waals surface area contributed by atoms with Gasteiger partial charge in [-0.3, -0.25) is 9.59 Å². The average Bonchev–Trinajstić information content (AvgIpc) is 3.22. The highest BCUT2D eigenvalue weighted by atomic mass is 32.1. The molecule has 2 amide bonds. The van der Waals surface area contributed by atoms with E-state index in [2.05, 4.69) is 10.3 Å². The van der Waals surface area contributed by atoms with Crippen LogP contribution in [-0.2, 0) is 9.53 Å². The summed E-state index contributed by atoms with van der Waals surface area (Å²) in [5, 5.41) is 5.09. The molecule has 24 heavy (non-hydrogen) atoms. The Labute approximate surface area is 143 Å². The van der Waals surface area contributed by atoms with Crippen LogP contribution in [0.2, 0.25) is 0 Å². The topological polar surface area (TPSA) is 107 Å². The van der Waals surface area contributed by atoms with Crippen molar-refractivity contribution < 1.29 is 18.7 Å². The number of primary amides is 1. The Balaban J connectivity index is 1.67. The first-order valence-electron chi connectivity index (χ1n) is 7.68. The smallest absolute Gasteiger partial charge is 0.270 e. The van der Waals surface area contributed by atoms with Gasteiger partial charge in [-0.2, -0.15) is 0 Å². The van der Waals surface area contributed by atoms with Crippen molar-refractivity contribution in [3.63, 3.8) is 0 Å². The van der Waals surface area contributed by atoms with Gasteiger partial charge in [0.05, 0.1) is 5.41 Å². The molecule has 1 aliphatic heterocycles. The lowest BCUT2D eigenvalue weighted by Gasteiger charge is -2.34. The summed E-state index contributed by atoms with van der Waals surface area (Å²) in [5.41, 5.74) is 5.09. The van der Waals surface area contributed by atoms with Gasteiger partial charge in [0.1, 0.15) is 11.5 Å². The number of hydrogen-bond donors (Lipinski definition) is 2. The lowest BCUT2D eigenvalue weighted by atomic mass is 9.79. The van der Waals surface area contributed by atoms with Crippen molar-refractivity contribution in [2.75, 3.05) is 19.8 Å². The van der Waals surface area contributed by atoms with Crippen molar-refractivity contribution in [1.29, 1.82) is 0 Å². The Morgan fingerprint density at radius 3 is 2.75 bits per heavy atom. The Morgan fingerprint density at radius 1 is 1.38 bits per heavy atom. The van der Waals surface area contributed by atoms with Gasteiger partial charge >= 0.3 is 0 Å². The first-order chi connectivity index (χ1) is 11.5. The van der Waals surface area contributed by atoms with Crippen LogP contribution < -0.4 is 11.1 Å². The fraction of sp³-hybridized carbons (Fsp3) is 0.438. The van der Waals surface area contributed by atoms with E-state index >= 15 is 0 Å². The van der Waals surface area contributed by atoms with Crippen molar-refractivity contribution in [2.45, 2.75) is 19.8 Å². The van der Waals surface area contributed by atoms with Crippen LogP contribution in [0.15, 0.2) is 21.9 Å². The summed E-state index contributed by atoms with van der Waals surface area (Å²) < 4.78 is 10.8. The molecule has 0 aliphatic carbocycles. The SMILES string of the molecule is Cc1ccc(-c2nc(C(=O)NCC3(C(N)=O)CCOCC3)cs2)o1. The standard InChI is InChI=1S/C16H19N3O4S/c1-10-2-3-12(23-10)14-19-11(8-24-14)13(20)18-9-16(15(17)21)4-6-22-7-5-16/h2-3,8H,4-7,9H2,1H3,(H2,17,21)(H,18,20). The lowest BCUT2D eigenvalue weighted by Crippen LogP contribution is -2.49. The molecule has 1 saturated heterocycles. The molecule has 0 spiro atoms. The highest BCUT2D eigenvalue weighted by Crippen LogP contribution is 2.30. The minimum absolute atomic E-state index is 0.192. The van der Waals surface area contributed by atoms with E-state index in [1.807, 2.05) is 19.1 Å². The van der Waals surface area contributed by atoms with Crippen LogP contribution in [0.4, 0.5) is 0 Å². The third kappa shape index (κ3) is 3.34. The molecule has 3 heterocycles. The fourth-order valence-corrected chi connectivity index (χ4v) is 3.41. The monoisotopic (exact) mass is 349 g/mol. The second-order valence-electron chi connectivity index (χ2n) is 5.89. The number of rotatable bonds is 5. The van der Waals surface area contributed by atoms with Crippen LogP contribution >= 0.6 is 11.3 Å². The van der Waals surface area contributed by atoms with E-state index in [0.29, 0.717) is 42.5 Å². The summed E-state index contributed by atoms with van der Waals surface area (Å²) in [6.45, 7) is 2.98. The van der Waals surface area contributed by atoms with Crippen LogP contribution in [0.25, 0.3) is 10.8 Å². The van der Waals surface area contributed by atoms with Crippen LogP contribution in [0, 0.1) is 12.3 Å². The normalized spacial score (nSPS) is 16.7. The zero-order chi connectivity index (χ0) is 17.2. The predicted octanol–water partition coefficient (Wildman–Crippen LogP) is 1.72. The van der Waals surface area contributed by atoms with Crippen LogP contribution in [0.3, 0.4) is 0 Å². The van der Waals surface area contributed by atoms with Gasteiger partial charge in [0.15, 0.2) is 10.8 Å². The minimum Gasteiger partial charge on any atom is -0.459 e. The van der Waals surface area contributed by atoms with E-state index in [1.54, 1.807) is 5.38 Å². The van der Waals surface area contributed by atoms with Gasteiger partial charge in [-0.15, -0.1) is 11.3 Å². The molecule has 0 bridgehead atoms. The first-order valence-corrected chi connectivity index (χ1v) is 8.56. The predicted molar refractivity (Wildman–Crippen MR) is 88.6 cm³/mol. The maximum absolute atomic E-state index is 12.3. The average molecular weight is 349 g/mol. The number of nitrogens with zero attached hydrogens (tertiary/aromatic N) is 1. The van der Waals surface area contributed by atoms with Gasteiger partial charge in [0.2, 0.25) is 5.91 Å². The quantitative estimate of drug-likeness (QED) is 0.854. The molecular formula is C16H19N3O4S. The molecule has 0 aromatic carbocycles. The summed E-state index contributed by atoms with van der Waals surface area (Å²) in [6.07, 6.45) is 1.02. The van der Waals surface area contributed by atoms with E-state index in [-0.39, 0.29) is 12.5 Å².